The minimum atomic E-state index is -0.0706. The average Bonchev–Trinajstić information content (AvgIpc) is 2.93. The van der Waals surface area contributed by atoms with Crippen molar-refractivity contribution in [2.24, 2.45) is 5.41 Å². The molecule has 1 aliphatic rings. The van der Waals surface area contributed by atoms with Gasteiger partial charge in [0.25, 0.3) is 0 Å². The van der Waals surface area contributed by atoms with E-state index in [2.05, 4.69) is 15.7 Å². The van der Waals surface area contributed by atoms with Crippen molar-refractivity contribution in [3.8, 4) is 0 Å². The number of likely N-dealkylation sites (N-methyl/N-ethyl adjacent to an activating group) is 1. The molecule has 112 valence electrons. The average molecular weight is 280 g/mol. The van der Waals surface area contributed by atoms with Gasteiger partial charge in [-0.05, 0) is 12.8 Å². The van der Waals surface area contributed by atoms with Crippen molar-refractivity contribution < 1.29 is 9.90 Å². The number of hydrogen-bond donors (Lipinski definition) is 3. The molecule has 0 spiro atoms. The smallest absolute Gasteiger partial charge is 0.241 e. The molecule has 1 fully saturated rings. The fourth-order valence-electron chi connectivity index (χ4n) is 2.75. The molecule has 0 unspecified atom stereocenters. The van der Waals surface area contributed by atoms with E-state index in [0.717, 1.165) is 25.1 Å². The molecule has 1 aromatic heterocycles. The molecule has 1 saturated carbocycles. The zero-order valence-corrected chi connectivity index (χ0v) is 12.1. The zero-order valence-electron chi connectivity index (χ0n) is 12.1. The second-order valence-corrected chi connectivity index (χ2v) is 5.67. The molecule has 0 aromatic carbocycles. The normalized spacial score (nSPS) is 17.7. The highest BCUT2D eigenvalue weighted by Crippen LogP contribution is 2.35. The Kier molecular flexibility index (Phi) is 5.00. The number of hydrogen-bond acceptors (Lipinski definition) is 4. The maximum absolute atomic E-state index is 11.3. The van der Waals surface area contributed by atoms with Gasteiger partial charge in [0.05, 0.1) is 18.5 Å². The second-order valence-electron chi connectivity index (χ2n) is 5.67. The minimum Gasteiger partial charge on any atom is -0.396 e. The quantitative estimate of drug-likeness (QED) is 0.726. The van der Waals surface area contributed by atoms with Crippen molar-refractivity contribution >= 4 is 11.6 Å². The highest BCUT2D eigenvalue weighted by molar-refractivity contribution is 5.75. The predicted molar refractivity (Wildman–Crippen MR) is 77.4 cm³/mol. The summed E-state index contributed by atoms with van der Waals surface area (Å²) in [4.78, 5) is 11.3. The van der Waals surface area contributed by atoms with Crippen LogP contribution in [0.1, 0.15) is 32.1 Å². The summed E-state index contributed by atoms with van der Waals surface area (Å²) in [5.41, 5.74) is 0.897. The molecular weight excluding hydrogens is 256 g/mol. The number of amides is 1. The van der Waals surface area contributed by atoms with E-state index >= 15 is 0 Å². The van der Waals surface area contributed by atoms with Crippen LogP contribution in [-0.4, -0.2) is 41.0 Å². The Hall–Kier alpha value is -1.56. The van der Waals surface area contributed by atoms with E-state index in [4.69, 9.17) is 0 Å². The number of carbonyl (C=O) groups is 1. The van der Waals surface area contributed by atoms with Crippen LogP contribution in [0.25, 0.3) is 0 Å². The zero-order chi connectivity index (χ0) is 14.4. The summed E-state index contributed by atoms with van der Waals surface area (Å²) in [6.45, 7) is 1.21. The molecule has 1 amide bonds. The number of nitrogens with zero attached hydrogens (tertiary/aromatic N) is 2. The molecule has 6 heteroatoms. The first-order chi connectivity index (χ1) is 9.67. The van der Waals surface area contributed by atoms with E-state index in [1.807, 2.05) is 6.20 Å². The molecule has 1 aromatic rings. The number of anilines is 1. The summed E-state index contributed by atoms with van der Waals surface area (Å²) in [5.74, 6) is -0.0706. The van der Waals surface area contributed by atoms with Crippen LogP contribution in [0.4, 0.5) is 5.69 Å². The summed E-state index contributed by atoms with van der Waals surface area (Å²) < 4.78 is 1.60. The lowest BCUT2D eigenvalue weighted by Gasteiger charge is -2.35. The first kappa shape index (κ1) is 14.8. The summed E-state index contributed by atoms with van der Waals surface area (Å²) >= 11 is 0. The van der Waals surface area contributed by atoms with Gasteiger partial charge >= 0.3 is 0 Å². The number of aromatic nitrogens is 2. The Morgan fingerprint density at radius 1 is 1.45 bits per heavy atom. The van der Waals surface area contributed by atoms with E-state index in [1.54, 1.807) is 17.9 Å². The molecule has 20 heavy (non-hydrogen) atoms. The highest BCUT2D eigenvalue weighted by atomic mass is 16.3. The van der Waals surface area contributed by atoms with Crippen molar-refractivity contribution in [1.82, 2.24) is 15.1 Å². The minimum absolute atomic E-state index is 0.00113. The van der Waals surface area contributed by atoms with E-state index in [0.29, 0.717) is 0 Å². The van der Waals surface area contributed by atoms with Crippen molar-refractivity contribution in [3.05, 3.63) is 12.4 Å². The van der Waals surface area contributed by atoms with Gasteiger partial charge < -0.3 is 15.7 Å². The fraction of sp³-hybridized carbons (Fsp3) is 0.714. The number of rotatable bonds is 6. The second kappa shape index (κ2) is 6.74. The topological polar surface area (TPSA) is 79.2 Å². The predicted octanol–water partition coefficient (Wildman–Crippen LogP) is 0.984. The van der Waals surface area contributed by atoms with Crippen LogP contribution in [0.3, 0.4) is 0 Å². The van der Waals surface area contributed by atoms with E-state index < -0.39 is 0 Å². The largest absolute Gasteiger partial charge is 0.396 e. The Bertz CT molecular complexity index is 438. The summed E-state index contributed by atoms with van der Waals surface area (Å²) in [7, 11) is 1.61. The molecule has 0 aliphatic heterocycles. The summed E-state index contributed by atoms with van der Waals surface area (Å²) in [5, 5.41) is 19.7. The van der Waals surface area contributed by atoms with Gasteiger partial charge in [0.1, 0.15) is 6.54 Å². The van der Waals surface area contributed by atoms with Crippen molar-refractivity contribution in [2.45, 2.75) is 38.6 Å². The lowest BCUT2D eigenvalue weighted by Crippen LogP contribution is -2.35. The number of carbonyl (C=O) groups excluding carboxylic acids is 1. The van der Waals surface area contributed by atoms with Crippen LogP contribution >= 0.6 is 0 Å². The first-order valence-corrected chi connectivity index (χ1v) is 7.25. The summed E-state index contributed by atoms with van der Waals surface area (Å²) in [6, 6.07) is 0. The molecule has 6 nitrogen and oxygen atoms in total. The van der Waals surface area contributed by atoms with Gasteiger partial charge in [-0.3, -0.25) is 9.48 Å². The number of aliphatic hydroxyl groups excluding tert-OH is 1. The SMILES string of the molecule is CNC(=O)Cn1cc(NCC2(CO)CCCCC2)cn1. The molecular formula is C14H24N4O2. The van der Waals surface area contributed by atoms with Crippen LogP contribution in [0.15, 0.2) is 12.4 Å². The highest BCUT2D eigenvalue weighted by Gasteiger charge is 2.31. The van der Waals surface area contributed by atoms with Gasteiger partial charge in [0.15, 0.2) is 0 Å². The monoisotopic (exact) mass is 280 g/mol. The van der Waals surface area contributed by atoms with E-state index in [-0.39, 0.29) is 24.5 Å². The standard InChI is InChI=1S/C14H24N4O2/c1-15-13(20)9-18-8-12(7-17-18)16-10-14(11-19)5-3-2-4-6-14/h7-8,16,19H,2-6,9-11H2,1H3,(H,15,20). The number of aliphatic hydroxyl groups is 1. The maximum atomic E-state index is 11.3. The molecule has 1 heterocycles. The molecule has 0 saturated heterocycles. The third-order valence-corrected chi connectivity index (χ3v) is 4.13. The molecule has 1 aliphatic carbocycles. The van der Waals surface area contributed by atoms with Gasteiger partial charge in [0.2, 0.25) is 5.91 Å². The van der Waals surface area contributed by atoms with E-state index in [9.17, 15) is 9.90 Å². The Labute approximate surface area is 119 Å². The van der Waals surface area contributed by atoms with Crippen molar-refractivity contribution in [1.29, 1.82) is 0 Å². The third-order valence-electron chi connectivity index (χ3n) is 4.13. The van der Waals surface area contributed by atoms with Crippen LogP contribution in [-0.2, 0) is 11.3 Å². The molecule has 0 radical (unpaired) electrons. The third kappa shape index (κ3) is 3.72. The molecule has 0 atom stereocenters. The first-order valence-electron chi connectivity index (χ1n) is 7.25. The lowest BCUT2D eigenvalue weighted by molar-refractivity contribution is -0.121. The summed E-state index contributed by atoms with van der Waals surface area (Å²) in [6.07, 6.45) is 9.34. The van der Waals surface area contributed by atoms with Gasteiger partial charge in [-0.1, -0.05) is 19.3 Å². The van der Waals surface area contributed by atoms with Crippen LogP contribution in [0.5, 0.6) is 0 Å². The molecule has 2 rings (SSSR count). The van der Waals surface area contributed by atoms with Crippen LogP contribution < -0.4 is 10.6 Å². The van der Waals surface area contributed by atoms with Gasteiger partial charge in [-0.25, -0.2) is 0 Å². The molecule has 3 N–H and O–H groups in total. The van der Waals surface area contributed by atoms with Crippen molar-refractivity contribution in [2.75, 3.05) is 25.5 Å². The lowest BCUT2D eigenvalue weighted by atomic mass is 9.74. The maximum Gasteiger partial charge on any atom is 0.241 e. The Morgan fingerprint density at radius 3 is 2.85 bits per heavy atom. The fourth-order valence-corrected chi connectivity index (χ4v) is 2.75. The van der Waals surface area contributed by atoms with Crippen LogP contribution in [0, 0.1) is 5.41 Å². The Balaban J connectivity index is 1.88. The van der Waals surface area contributed by atoms with Crippen molar-refractivity contribution in [3.63, 3.8) is 0 Å². The molecule has 0 bridgehead atoms. The Morgan fingerprint density at radius 2 is 2.20 bits per heavy atom. The van der Waals surface area contributed by atoms with Crippen LogP contribution in [0.2, 0.25) is 0 Å². The number of nitrogens with one attached hydrogen (secondary N) is 2. The van der Waals surface area contributed by atoms with Gasteiger partial charge in [0, 0.05) is 25.2 Å². The van der Waals surface area contributed by atoms with Gasteiger partial charge in [-0.2, -0.15) is 5.10 Å². The van der Waals surface area contributed by atoms with E-state index in [1.165, 1.54) is 19.3 Å². The van der Waals surface area contributed by atoms with Gasteiger partial charge in [-0.15, -0.1) is 0 Å².